The SMILES string of the molecule is COCc1c(Br)cccc1NC1CCOC2(CCOC2)C1. The van der Waals surface area contributed by atoms with Gasteiger partial charge in [0.25, 0.3) is 0 Å². The fourth-order valence-electron chi connectivity index (χ4n) is 3.22. The van der Waals surface area contributed by atoms with E-state index in [2.05, 4.69) is 39.4 Å². The van der Waals surface area contributed by atoms with Crippen molar-refractivity contribution in [2.45, 2.75) is 37.5 Å². The highest BCUT2D eigenvalue weighted by molar-refractivity contribution is 9.10. The van der Waals surface area contributed by atoms with Gasteiger partial charge >= 0.3 is 0 Å². The Kier molecular flexibility index (Phi) is 4.84. The molecule has 5 heteroatoms. The summed E-state index contributed by atoms with van der Waals surface area (Å²) in [7, 11) is 1.72. The molecular weight excluding hydrogens is 334 g/mol. The molecule has 1 spiro atoms. The van der Waals surface area contributed by atoms with Crippen molar-refractivity contribution in [3.63, 3.8) is 0 Å². The summed E-state index contributed by atoms with van der Waals surface area (Å²) in [6, 6.07) is 6.65. The van der Waals surface area contributed by atoms with Crippen LogP contribution in [-0.4, -0.2) is 38.6 Å². The molecule has 1 aromatic carbocycles. The lowest BCUT2D eigenvalue weighted by molar-refractivity contribution is -0.0828. The molecular formula is C16H22BrNO3. The van der Waals surface area contributed by atoms with Crippen LogP contribution in [0.4, 0.5) is 5.69 Å². The van der Waals surface area contributed by atoms with E-state index in [1.54, 1.807) is 7.11 Å². The first-order valence-corrected chi connectivity index (χ1v) is 8.26. The van der Waals surface area contributed by atoms with Gasteiger partial charge in [-0.25, -0.2) is 0 Å². The average molecular weight is 356 g/mol. The lowest BCUT2D eigenvalue weighted by Gasteiger charge is -2.38. The van der Waals surface area contributed by atoms with Gasteiger partial charge in [-0.15, -0.1) is 0 Å². The lowest BCUT2D eigenvalue weighted by atomic mass is 9.89. The van der Waals surface area contributed by atoms with Crippen LogP contribution >= 0.6 is 15.9 Å². The van der Waals surface area contributed by atoms with Gasteiger partial charge in [-0.1, -0.05) is 22.0 Å². The summed E-state index contributed by atoms with van der Waals surface area (Å²) in [5.41, 5.74) is 2.25. The van der Waals surface area contributed by atoms with Crippen molar-refractivity contribution >= 4 is 21.6 Å². The van der Waals surface area contributed by atoms with Crippen molar-refractivity contribution in [3.05, 3.63) is 28.2 Å². The number of nitrogens with one attached hydrogen (secondary N) is 1. The van der Waals surface area contributed by atoms with Gasteiger partial charge in [-0.05, 0) is 25.0 Å². The smallest absolute Gasteiger partial charge is 0.0956 e. The van der Waals surface area contributed by atoms with Crippen molar-refractivity contribution in [1.82, 2.24) is 0 Å². The largest absolute Gasteiger partial charge is 0.382 e. The lowest BCUT2D eigenvalue weighted by Crippen LogP contribution is -2.45. The van der Waals surface area contributed by atoms with Crippen molar-refractivity contribution in [1.29, 1.82) is 0 Å². The minimum atomic E-state index is -0.0661. The van der Waals surface area contributed by atoms with Gasteiger partial charge in [0, 0.05) is 48.5 Å². The number of hydrogen-bond donors (Lipinski definition) is 1. The molecule has 3 rings (SSSR count). The molecule has 2 aliphatic heterocycles. The Morgan fingerprint density at radius 2 is 2.33 bits per heavy atom. The first-order chi connectivity index (χ1) is 10.2. The van der Waals surface area contributed by atoms with Gasteiger partial charge in [0.15, 0.2) is 0 Å². The molecule has 1 N–H and O–H groups in total. The van der Waals surface area contributed by atoms with E-state index < -0.39 is 0 Å². The summed E-state index contributed by atoms with van der Waals surface area (Å²) in [6.45, 7) is 2.95. The second kappa shape index (κ2) is 6.65. The zero-order valence-electron chi connectivity index (χ0n) is 12.4. The maximum absolute atomic E-state index is 6.00. The quantitative estimate of drug-likeness (QED) is 0.898. The van der Waals surface area contributed by atoms with Crippen LogP contribution in [0.2, 0.25) is 0 Å². The van der Waals surface area contributed by atoms with E-state index in [0.29, 0.717) is 12.6 Å². The normalized spacial score (nSPS) is 29.0. The van der Waals surface area contributed by atoms with E-state index in [4.69, 9.17) is 14.2 Å². The zero-order valence-corrected chi connectivity index (χ0v) is 13.9. The molecule has 1 aromatic rings. The predicted octanol–water partition coefficient (Wildman–Crippen LogP) is 3.35. The molecule has 2 atom stereocenters. The van der Waals surface area contributed by atoms with Crippen LogP contribution in [0.25, 0.3) is 0 Å². The van der Waals surface area contributed by atoms with Gasteiger partial charge in [-0.3, -0.25) is 0 Å². The van der Waals surface area contributed by atoms with Crippen LogP contribution in [-0.2, 0) is 20.8 Å². The number of hydrogen-bond acceptors (Lipinski definition) is 4. The summed E-state index contributed by atoms with van der Waals surface area (Å²) in [6.07, 6.45) is 3.04. The topological polar surface area (TPSA) is 39.7 Å². The minimum absolute atomic E-state index is 0.0661. The maximum Gasteiger partial charge on any atom is 0.0956 e. The van der Waals surface area contributed by atoms with E-state index in [-0.39, 0.29) is 5.60 Å². The van der Waals surface area contributed by atoms with E-state index in [1.165, 1.54) is 5.56 Å². The summed E-state index contributed by atoms with van der Waals surface area (Å²) in [5.74, 6) is 0. The molecule has 4 nitrogen and oxygen atoms in total. The standard InChI is InChI=1S/C16H22BrNO3/c1-19-10-13-14(17)3-2-4-15(13)18-12-5-7-21-16(9-12)6-8-20-11-16/h2-4,12,18H,5-11H2,1H3. The highest BCUT2D eigenvalue weighted by Crippen LogP contribution is 2.35. The predicted molar refractivity (Wildman–Crippen MR) is 85.6 cm³/mol. The Morgan fingerprint density at radius 3 is 3.10 bits per heavy atom. The van der Waals surface area contributed by atoms with Crippen LogP contribution in [0.15, 0.2) is 22.7 Å². The highest BCUT2D eigenvalue weighted by atomic mass is 79.9. The molecule has 0 aromatic heterocycles. The molecule has 0 aliphatic carbocycles. The highest BCUT2D eigenvalue weighted by Gasteiger charge is 2.41. The third kappa shape index (κ3) is 3.42. The van der Waals surface area contributed by atoms with Crippen molar-refractivity contribution in [2.24, 2.45) is 0 Å². The second-order valence-electron chi connectivity index (χ2n) is 5.87. The van der Waals surface area contributed by atoms with Crippen LogP contribution in [0.5, 0.6) is 0 Å². The summed E-state index contributed by atoms with van der Waals surface area (Å²) < 4.78 is 17.9. The fraction of sp³-hybridized carbons (Fsp3) is 0.625. The number of halogens is 1. The van der Waals surface area contributed by atoms with Gasteiger partial charge in [0.05, 0.1) is 18.8 Å². The van der Waals surface area contributed by atoms with Crippen LogP contribution in [0, 0.1) is 0 Å². The molecule has 116 valence electrons. The van der Waals surface area contributed by atoms with E-state index in [0.717, 1.165) is 49.2 Å². The zero-order chi connectivity index (χ0) is 14.7. The fourth-order valence-corrected chi connectivity index (χ4v) is 3.70. The van der Waals surface area contributed by atoms with Crippen LogP contribution < -0.4 is 5.32 Å². The Hall–Kier alpha value is -0.620. The number of benzene rings is 1. The molecule has 2 fully saturated rings. The minimum Gasteiger partial charge on any atom is -0.382 e. The van der Waals surface area contributed by atoms with E-state index in [9.17, 15) is 0 Å². The molecule has 2 heterocycles. The van der Waals surface area contributed by atoms with Gasteiger partial charge in [0.2, 0.25) is 0 Å². The third-order valence-corrected chi connectivity index (χ3v) is 5.07. The Balaban J connectivity index is 1.72. The summed E-state index contributed by atoms with van der Waals surface area (Å²) in [4.78, 5) is 0. The van der Waals surface area contributed by atoms with Gasteiger partial charge in [0.1, 0.15) is 0 Å². The van der Waals surface area contributed by atoms with E-state index >= 15 is 0 Å². The average Bonchev–Trinajstić information content (AvgIpc) is 2.91. The number of rotatable bonds is 4. The second-order valence-corrected chi connectivity index (χ2v) is 6.72. The molecule has 0 radical (unpaired) electrons. The van der Waals surface area contributed by atoms with Crippen LogP contribution in [0.1, 0.15) is 24.8 Å². The number of anilines is 1. The van der Waals surface area contributed by atoms with Crippen molar-refractivity contribution in [3.8, 4) is 0 Å². The Labute approximate surface area is 134 Å². The number of methoxy groups -OCH3 is 1. The first-order valence-electron chi connectivity index (χ1n) is 7.47. The van der Waals surface area contributed by atoms with Crippen molar-refractivity contribution < 1.29 is 14.2 Å². The molecule has 0 amide bonds. The Bertz CT molecular complexity index is 488. The van der Waals surface area contributed by atoms with E-state index in [1.807, 2.05) is 0 Å². The van der Waals surface area contributed by atoms with Gasteiger partial charge < -0.3 is 19.5 Å². The summed E-state index contributed by atoms with van der Waals surface area (Å²) in [5, 5.41) is 3.68. The molecule has 2 saturated heterocycles. The Morgan fingerprint density at radius 1 is 1.43 bits per heavy atom. The molecule has 2 aliphatic rings. The molecule has 0 saturated carbocycles. The third-order valence-electron chi connectivity index (χ3n) is 4.33. The van der Waals surface area contributed by atoms with Crippen molar-refractivity contribution in [2.75, 3.05) is 32.2 Å². The van der Waals surface area contributed by atoms with Crippen LogP contribution in [0.3, 0.4) is 0 Å². The first kappa shape index (κ1) is 15.3. The van der Waals surface area contributed by atoms with Gasteiger partial charge in [-0.2, -0.15) is 0 Å². The molecule has 2 unspecified atom stereocenters. The molecule has 0 bridgehead atoms. The molecule has 21 heavy (non-hydrogen) atoms. The summed E-state index contributed by atoms with van der Waals surface area (Å²) >= 11 is 3.61. The maximum atomic E-state index is 6.00. The monoisotopic (exact) mass is 355 g/mol. The number of ether oxygens (including phenoxy) is 3.